The van der Waals surface area contributed by atoms with Crippen LogP contribution in [0, 0.1) is 11.6 Å². The van der Waals surface area contributed by atoms with Gasteiger partial charge in [-0.15, -0.1) is 0 Å². The number of carboxylic acids is 1. The molecule has 1 aliphatic heterocycles. The number of carbonyl (C=O) groups is 2. The van der Waals surface area contributed by atoms with Gasteiger partial charge in [-0.2, -0.15) is 0 Å². The standard InChI is InChI=1S/C13H13F2NO3/c14-9-5-8(6-10(15)7-9)12(17)16-4-2-1-3-11(16)13(18)19/h5-7,11H,1-4H2,(H,18,19)/t11-/m0/s1. The lowest BCUT2D eigenvalue weighted by Gasteiger charge is -2.33. The molecule has 0 spiro atoms. The maximum Gasteiger partial charge on any atom is 0.326 e. The van der Waals surface area contributed by atoms with E-state index in [1.807, 2.05) is 0 Å². The summed E-state index contributed by atoms with van der Waals surface area (Å²) in [5.41, 5.74) is -0.161. The summed E-state index contributed by atoms with van der Waals surface area (Å²) in [6, 6.07) is 1.58. The van der Waals surface area contributed by atoms with E-state index < -0.39 is 29.6 Å². The molecule has 0 radical (unpaired) electrons. The number of hydrogen-bond donors (Lipinski definition) is 1. The number of nitrogens with zero attached hydrogens (tertiary/aromatic N) is 1. The average Bonchev–Trinajstić information content (AvgIpc) is 2.36. The second kappa shape index (κ2) is 5.34. The molecule has 1 amide bonds. The third-order valence-electron chi connectivity index (χ3n) is 3.16. The van der Waals surface area contributed by atoms with Crippen LogP contribution in [0.3, 0.4) is 0 Å². The van der Waals surface area contributed by atoms with Crippen molar-refractivity contribution in [3.05, 3.63) is 35.4 Å². The van der Waals surface area contributed by atoms with Gasteiger partial charge in [-0.1, -0.05) is 0 Å². The number of carbonyl (C=O) groups excluding carboxylic acids is 1. The highest BCUT2D eigenvalue weighted by molar-refractivity contribution is 5.96. The van der Waals surface area contributed by atoms with Gasteiger partial charge in [0.25, 0.3) is 5.91 Å². The number of piperidine rings is 1. The Bertz CT molecular complexity index is 498. The number of halogens is 2. The summed E-state index contributed by atoms with van der Waals surface area (Å²) in [6.45, 7) is 0.286. The number of hydrogen-bond acceptors (Lipinski definition) is 2. The first-order valence-corrected chi connectivity index (χ1v) is 5.99. The van der Waals surface area contributed by atoms with Crippen molar-refractivity contribution < 1.29 is 23.5 Å². The van der Waals surface area contributed by atoms with Gasteiger partial charge in [-0.25, -0.2) is 13.6 Å². The average molecular weight is 269 g/mol. The Morgan fingerprint density at radius 3 is 2.37 bits per heavy atom. The van der Waals surface area contributed by atoms with Gasteiger partial charge in [0.1, 0.15) is 17.7 Å². The topological polar surface area (TPSA) is 57.6 Å². The highest BCUT2D eigenvalue weighted by Gasteiger charge is 2.32. The first-order valence-electron chi connectivity index (χ1n) is 5.99. The van der Waals surface area contributed by atoms with Crippen molar-refractivity contribution in [1.29, 1.82) is 0 Å². The molecule has 2 rings (SSSR count). The van der Waals surface area contributed by atoms with Crippen LogP contribution in [0.1, 0.15) is 29.6 Å². The van der Waals surface area contributed by atoms with Crippen LogP contribution < -0.4 is 0 Å². The molecule has 6 heteroatoms. The van der Waals surface area contributed by atoms with E-state index >= 15 is 0 Å². The van der Waals surface area contributed by atoms with E-state index in [2.05, 4.69) is 0 Å². The van der Waals surface area contributed by atoms with Gasteiger partial charge in [-0.3, -0.25) is 4.79 Å². The summed E-state index contributed by atoms with van der Waals surface area (Å²) in [6.07, 6.45) is 1.77. The van der Waals surface area contributed by atoms with Crippen molar-refractivity contribution in [2.75, 3.05) is 6.54 Å². The molecule has 4 nitrogen and oxygen atoms in total. The summed E-state index contributed by atoms with van der Waals surface area (Å²) in [4.78, 5) is 24.4. The van der Waals surface area contributed by atoms with Crippen molar-refractivity contribution in [2.45, 2.75) is 25.3 Å². The zero-order chi connectivity index (χ0) is 14.0. The van der Waals surface area contributed by atoms with Crippen LogP contribution in [-0.4, -0.2) is 34.5 Å². The molecular weight excluding hydrogens is 256 g/mol. The number of rotatable bonds is 2. The van der Waals surface area contributed by atoms with Crippen molar-refractivity contribution in [1.82, 2.24) is 4.90 Å². The lowest BCUT2D eigenvalue weighted by Crippen LogP contribution is -2.48. The fourth-order valence-corrected chi connectivity index (χ4v) is 2.27. The number of amides is 1. The molecule has 1 atom stereocenters. The van der Waals surface area contributed by atoms with Gasteiger partial charge in [0.15, 0.2) is 0 Å². The van der Waals surface area contributed by atoms with Gasteiger partial charge < -0.3 is 10.0 Å². The number of benzene rings is 1. The van der Waals surface area contributed by atoms with E-state index in [0.717, 1.165) is 18.6 Å². The van der Waals surface area contributed by atoms with Gasteiger partial charge in [0.2, 0.25) is 0 Å². The third-order valence-corrected chi connectivity index (χ3v) is 3.16. The van der Waals surface area contributed by atoms with Crippen molar-refractivity contribution >= 4 is 11.9 Å². The molecule has 1 aromatic rings. The normalized spacial score (nSPS) is 19.3. The molecule has 1 heterocycles. The van der Waals surface area contributed by atoms with Crippen molar-refractivity contribution in [3.63, 3.8) is 0 Å². The highest BCUT2D eigenvalue weighted by atomic mass is 19.1. The smallest absolute Gasteiger partial charge is 0.326 e. The van der Waals surface area contributed by atoms with E-state index in [9.17, 15) is 18.4 Å². The van der Waals surface area contributed by atoms with E-state index in [4.69, 9.17) is 5.11 Å². The second-order valence-corrected chi connectivity index (χ2v) is 4.51. The van der Waals surface area contributed by atoms with E-state index in [-0.39, 0.29) is 12.1 Å². The lowest BCUT2D eigenvalue weighted by molar-refractivity contribution is -0.143. The minimum Gasteiger partial charge on any atom is -0.480 e. The highest BCUT2D eigenvalue weighted by Crippen LogP contribution is 2.20. The van der Waals surface area contributed by atoms with Crippen LogP contribution in [0.5, 0.6) is 0 Å². The molecular formula is C13H13F2NO3. The fourth-order valence-electron chi connectivity index (χ4n) is 2.27. The van der Waals surface area contributed by atoms with Crippen LogP contribution in [0.2, 0.25) is 0 Å². The fraction of sp³-hybridized carbons (Fsp3) is 0.385. The molecule has 102 valence electrons. The van der Waals surface area contributed by atoms with Crippen LogP contribution in [-0.2, 0) is 4.79 Å². The van der Waals surface area contributed by atoms with Crippen LogP contribution in [0.4, 0.5) is 8.78 Å². The molecule has 0 bridgehead atoms. The Labute approximate surface area is 108 Å². The van der Waals surface area contributed by atoms with Crippen molar-refractivity contribution in [3.8, 4) is 0 Å². The quantitative estimate of drug-likeness (QED) is 0.893. The summed E-state index contributed by atoms with van der Waals surface area (Å²) < 4.78 is 26.2. The molecule has 1 saturated heterocycles. The SMILES string of the molecule is O=C(O)[C@@H]1CCCCN1C(=O)c1cc(F)cc(F)c1. The molecule has 0 aromatic heterocycles. The lowest BCUT2D eigenvalue weighted by atomic mass is 10.0. The Morgan fingerprint density at radius 1 is 1.16 bits per heavy atom. The number of aliphatic carboxylic acids is 1. The van der Waals surface area contributed by atoms with E-state index in [1.165, 1.54) is 4.90 Å². The van der Waals surface area contributed by atoms with Crippen molar-refractivity contribution in [2.24, 2.45) is 0 Å². The van der Waals surface area contributed by atoms with Gasteiger partial charge >= 0.3 is 5.97 Å². The number of likely N-dealkylation sites (tertiary alicyclic amines) is 1. The van der Waals surface area contributed by atoms with Crippen LogP contribution >= 0.6 is 0 Å². The van der Waals surface area contributed by atoms with Crippen LogP contribution in [0.25, 0.3) is 0 Å². The third kappa shape index (κ3) is 2.89. The predicted molar refractivity (Wildman–Crippen MR) is 62.7 cm³/mol. The zero-order valence-corrected chi connectivity index (χ0v) is 10.1. The Balaban J connectivity index is 2.28. The maximum absolute atomic E-state index is 13.1. The van der Waals surface area contributed by atoms with E-state index in [1.54, 1.807) is 0 Å². The zero-order valence-electron chi connectivity index (χ0n) is 10.1. The minimum absolute atomic E-state index is 0.161. The molecule has 19 heavy (non-hydrogen) atoms. The second-order valence-electron chi connectivity index (χ2n) is 4.51. The molecule has 0 saturated carbocycles. The van der Waals surface area contributed by atoms with Gasteiger partial charge in [0.05, 0.1) is 0 Å². The first kappa shape index (κ1) is 13.5. The van der Waals surface area contributed by atoms with Gasteiger partial charge in [0, 0.05) is 18.2 Å². The molecule has 0 aliphatic carbocycles. The molecule has 1 aliphatic rings. The predicted octanol–water partition coefficient (Wildman–Crippen LogP) is 2.04. The minimum atomic E-state index is -1.09. The summed E-state index contributed by atoms with van der Waals surface area (Å²) in [5.74, 6) is -3.45. The first-order chi connectivity index (χ1) is 8.99. The largest absolute Gasteiger partial charge is 0.480 e. The molecule has 1 aromatic carbocycles. The maximum atomic E-state index is 13.1. The van der Waals surface area contributed by atoms with E-state index in [0.29, 0.717) is 18.9 Å². The Morgan fingerprint density at radius 2 is 1.79 bits per heavy atom. The summed E-state index contributed by atoms with van der Waals surface area (Å²) in [5, 5.41) is 9.07. The van der Waals surface area contributed by atoms with Gasteiger partial charge in [-0.05, 0) is 31.4 Å². The molecule has 1 fully saturated rings. The Hall–Kier alpha value is -1.98. The molecule has 0 unspecified atom stereocenters. The molecule has 1 N–H and O–H groups in total. The summed E-state index contributed by atoms with van der Waals surface area (Å²) in [7, 11) is 0. The number of carboxylic acid groups (broad SMARTS) is 1. The summed E-state index contributed by atoms with van der Waals surface area (Å²) >= 11 is 0. The van der Waals surface area contributed by atoms with Crippen LogP contribution in [0.15, 0.2) is 18.2 Å². The monoisotopic (exact) mass is 269 g/mol. The Kier molecular flexibility index (Phi) is 3.78.